The third kappa shape index (κ3) is 2.18. The summed E-state index contributed by atoms with van der Waals surface area (Å²) in [4.78, 5) is 11.7. The number of fused-ring (bicyclic) bond motifs is 2. The molecule has 0 unspecified atom stereocenters. The highest BCUT2D eigenvalue weighted by atomic mass is 16.5. The Balaban J connectivity index is 2.24. The van der Waals surface area contributed by atoms with Gasteiger partial charge in [-0.15, -0.1) is 0 Å². The van der Waals surface area contributed by atoms with Gasteiger partial charge >= 0.3 is 5.97 Å². The zero-order chi connectivity index (χ0) is 13.9. The van der Waals surface area contributed by atoms with Gasteiger partial charge < -0.3 is 9.47 Å². The maximum absolute atomic E-state index is 11.7. The SMILES string of the molecule is COC(=O)C=C1c2ccccc2COc2ccccc21. The maximum Gasteiger partial charge on any atom is 0.331 e. The molecular weight excluding hydrogens is 252 g/mol. The van der Waals surface area contributed by atoms with E-state index in [2.05, 4.69) is 0 Å². The van der Waals surface area contributed by atoms with Crippen LogP contribution < -0.4 is 4.74 Å². The summed E-state index contributed by atoms with van der Waals surface area (Å²) in [5.41, 5.74) is 3.80. The van der Waals surface area contributed by atoms with Crippen LogP contribution in [0, 0.1) is 0 Å². The number of carbonyl (C=O) groups is 1. The lowest BCUT2D eigenvalue weighted by Crippen LogP contribution is -1.99. The van der Waals surface area contributed by atoms with Gasteiger partial charge in [0.15, 0.2) is 0 Å². The fraction of sp³-hybridized carbons (Fsp3) is 0.118. The number of para-hydroxylation sites is 1. The second kappa shape index (κ2) is 5.21. The molecule has 0 atom stereocenters. The van der Waals surface area contributed by atoms with Crippen molar-refractivity contribution in [2.75, 3.05) is 7.11 Å². The monoisotopic (exact) mass is 266 g/mol. The van der Waals surface area contributed by atoms with E-state index >= 15 is 0 Å². The molecule has 1 aliphatic heterocycles. The number of carbonyl (C=O) groups excluding carboxylic acids is 1. The van der Waals surface area contributed by atoms with Crippen LogP contribution in [0.1, 0.15) is 16.7 Å². The van der Waals surface area contributed by atoms with Gasteiger partial charge in [0.25, 0.3) is 0 Å². The zero-order valence-electron chi connectivity index (χ0n) is 11.1. The second-order valence-corrected chi connectivity index (χ2v) is 4.52. The molecule has 2 aromatic carbocycles. The largest absolute Gasteiger partial charge is 0.488 e. The molecule has 3 rings (SSSR count). The fourth-order valence-electron chi connectivity index (χ4n) is 2.36. The van der Waals surface area contributed by atoms with Crippen molar-refractivity contribution in [3.8, 4) is 5.75 Å². The van der Waals surface area contributed by atoms with E-state index in [0.717, 1.165) is 28.0 Å². The molecule has 1 aliphatic rings. The number of ether oxygens (including phenoxy) is 2. The van der Waals surface area contributed by atoms with Gasteiger partial charge in [0.1, 0.15) is 12.4 Å². The predicted octanol–water partition coefficient (Wildman–Crippen LogP) is 3.18. The molecule has 0 bridgehead atoms. The van der Waals surface area contributed by atoms with Crippen LogP contribution in [-0.2, 0) is 16.1 Å². The van der Waals surface area contributed by atoms with Crippen LogP contribution in [0.5, 0.6) is 5.75 Å². The van der Waals surface area contributed by atoms with Crippen molar-refractivity contribution >= 4 is 11.5 Å². The van der Waals surface area contributed by atoms with Crippen LogP contribution in [0.3, 0.4) is 0 Å². The van der Waals surface area contributed by atoms with Crippen LogP contribution in [0.2, 0.25) is 0 Å². The zero-order valence-corrected chi connectivity index (χ0v) is 11.1. The Kier molecular flexibility index (Phi) is 3.25. The predicted molar refractivity (Wildman–Crippen MR) is 76.3 cm³/mol. The van der Waals surface area contributed by atoms with Gasteiger partial charge in [0, 0.05) is 17.2 Å². The van der Waals surface area contributed by atoms with Crippen molar-refractivity contribution in [3.05, 3.63) is 71.3 Å². The number of esters is 1. The Hall–Kier alpha value is -2.55. The van der Waals surface area contributed by atoms with Crippen LogP contribution in [-0.4, -0.2) is 13.1 Å². The number of hydrogen-bond acceptors (Lipinski definition) is 3. The average Bonchev–Trinajstić information content (AvgIpc) is 2.65. The highest BCUT2D eigenvalue weighted by Crippen LogP contribution is 2.36. The molecule has 0 N–H and O–H groups in total. The first-order valence-corrected chi connectivity index (χ1v) is 6.39. The summed E-state index contributed by atoms with van der Waals surface area (Å²) >= 11 is 0. The summed E-state index contributed by atoms with van der Waals surface area (Å²) in [6.07, 6.45) is 1.52. The number of benzene rings is 2. The van der Waals surface area contributed by atoms with Crippen molar-refractivity contribution in [1.29, 1.82) is 0 Å². The Morgan fingerprint density at radius 3 is 2.60 bits per heavy atom. The van der Waals surface area contributed by atoms with Gasteiger partial charge in [-0.05, 0) is 17.2 Å². The first-order chi connectivity index (χ1) is 9.79. The van der Waals surface area contributed by atoms with Crippen LogP contribution >= 0.6 is 0 Å². The van der Waals surface area contributed by atoms with Gasteiger partial charge in [-0.25, -0.2) is 4.79 Å². The third-order valence-electron chi connectivity index (χ3n) is 3.33. The van der Waals surface area contributed by atoms with Gasteiger partial charge in [0.05, 0.1) is 7.11 Å². The lowest BCUT2D eigenvalue weighted by Gasteiger charge is -2.09. The molecule has 0 spiro atoms. The first kappa shape index (κ1) is 12.5. The molecule has 0 amide bonds. The molecule has 0 fully saturated rings. The lowest BCUT2D eigenvalue weighted by atomic mass is 9.94. The van der Waals surface area contributed by atoms with Gasteiger partial charge in [-0.3, -0.25) is 0 Å². The number of hydrogen-bond donors (Lipinski definition) is 0. The molecule has 0 aromatic heterocycles. The van der Waals surface area contributed by atoms with Crippen LogP contribution in [0.25, 0.3) is 5.57 Å². The Morgan fingerprint density at radius 2 is 1.80 bits per heavy atom. The maximum atomic E-state index is 11.7. The van der Waals surface area contributed by atoms with Gasteiger partial charge in [-0.1, -0.05) is 42.5 Å². The minimum Gasteiger partial charge on any atom is -0.488 e. The average molecular weight is 266 g/mol. The molecule has 0 saturated heterocycles. The highest BCUT2D eigenvalue weighted by Gasteiger charge is 2.19. The fourth-order valence-corrected chi connectivity index (χ4v) is 2.36. The van der Waals surface area contributed by atoms with Crippen molar-refractivity contribution in [3.63, 3.8) is 0 Å². The van der Waals surface area contributed by atoms with E-state index < -0.39 is 0 Å². The van der Waals surface area contributed by atoms with Crippen LogP contribution in [0.4, 0.5) is 0 Å². The van der Waals surface area contributed by atoms with E-state index in [-0.39, 0.29) is 5.97 Å². The molecular formula is C17H14O3. The minimum atomic E-state index is -0.369. The van der Waals surface area contributed by atoms with E-state index in [0.29, 0.717) is 6.61 Å². The Morgan fingerprint density at radius 1 is 1.10 bits per heavy atom. The van der Waals surface area contributed by atoms with E-state index in [1.54, 1.807) is 0 Å². The molecule has 2 aromatic rings. The summed E-state index contributed by atoms with van der Waals surface area (Å²) in [6, 6.07) is 15.6. The third-order valence-corrected chi connectivity index (χ3v) is 3.33. The highest BCUT2D eigenvalue weighted by molar-refractivity contribution is 5.98. The summed E-state index contributed by atoms with van der Waals surface area (Å²) in [6.45, 7) is 0.492. The summed E-state index contributed by atoms with van der Waals surface area (Å²) in [5.74, 6) is 0.408. The summed E-state index contributed by atoms with van der Waals surface area (Å²) in [5, 5.41) is 0. The molecule has 0 saturated carbocycles. The van der Waals surface area contributed by atoms with Crippen molar-refractivity contribution in [2.45, 2.75) is 6.61 Å². The standard InChI is InChI=1S/C17H14O3/c1-19-17(18)10-15-13-7-3-2-6-12(13)11-20-16-9-5-4-8-14(15)16/h2-10H,11H2,1H3. The Bertz CT molecular complexity index is 637. The van der Waals surface area contributed by atoms with E-state index in [1.165, 1.54) is 13.2 Å². The van der Waals surface area contributed by atoms with Crippen molar-refractivity contribution < 1.29 is 14.3 Å². The van der Waals surface area contributed by atoms with Crippen molar-refractivity contribution in [1.82, 2.24) is 0 Å². The lowest BCUT2D eigenvalue weighted by molar-refractivity contribution is -0.134. The smallest absolute Gasteiger partial charge is 0.331 e. The molecule has 100 valence electrons. The molecule has 0 radical (unpaired) electrons. The van der Waals surface area contributed by atoms with Crippen LogP contribution in [0.15, 0.2) is 54.6 Å². The molecule has 3 nitrogen and oxygen atoms in total. The quantitative estimate of drug-likeness (QED) is 0.587. The van der Waals surface area contributed by atoms with Crippen molar-refractivity contribution in [2.24, 2.45) is 0 Å². The van der Waals surface area contributed by atoms with E-state index in [1.807, 2.05) is 48.5 Å². The Labute approximate surface area is 117 Å². The topological polar surface area (TPSA) is 35.5 Å². The molecule has 3 heteroatoms. The number of methoxy groups -OCH3 is 1. The molecule has 20 heavy (non-hydrogen) atoms. The first-order valence-electron chi connectivity index (χ1n) is 6.39. The minimum absolute atomic E-state index is 0.369. The summed E-state index contributed by atoms with van der Waals surface area (Å²) in [7, 11) is 1.38. The second-order valence-electron chi connectivity index (χ2n) is 4.52. The van der Waals surface area contributed by atoms with E-state index in [9.17, 15) is 4.79 Å². The normalized spacial score (nSPS) is 14.8. The van der Waals surface area contributed by atoms with Gasteiger partial charge in [-0.2, -0.15) is 0 Å². The van der Waals surface area contributed by atoms with Gasteiger partial charge in [0.2, 0.25) is 0 Å². The van der Waals surface area contributed by atoms with E-state index in [4.69, 9.17) is 9.47 Å². The molecule has 0 aliphatic carbocycles. The number of rotatable bonds is 1. The summed E-state index contributed by atoms with van der Waals surface area (Å²) < 4.78 is 10.6. The molecule has 1 heterocycles.